The summed E-state index contributed by atoms with van der Waals surface area (Å²) < 4.78 is 15.4. The third-order valence-corrected chi connectivity index (χ3v) is 2.65. The molecule has 0 bridgehead atoms. The highest BCUT2D eigenvalue weighted by atomic mass is 16.5. The van der Waals surface area contributed by atoms with Crippen molar-refractivity contribution in [2.75, 3.05) is 53.2 Å². The van der Waals surface area contributed by atoms with Gasteiger partial charge in [-0.25, -0.2) is 0 Å². The minimum Gasteiger partial charge on any atom is -0.382 e. The molecule has 0 aromatic carbocycles. The zero-order chi connectivity index (χ0) is 13.1. The van der Waals surface area contributed by atoms with E-state index in [0.29, 0.717) is 39.4 Å². The van der Waals surface area contributed by atoms with Gasteiger partial charge in [-0.15, -0.1) is 0 Å². The molecule has 1 fully saturated rings. The lowest BCUT2D eigenvalue weighted by Crippen LogP contribution is -2.44. The van der Waals surface area contributed by atoms with E-state index in [1.54, 1.807) is 7.11 Å². The summed E-state index contributed by atoms with van der Waals surface area (Å²) in [7, 11) is 1.65. The first-order chi connectivity index (χ1) is 8.83. The molecule has 1 aliphatic rings. The number of carbonyl (C=O) groups is 1. The topological polar surface area (TPSA) is 68.8 Å². The quantitative estimate of drug-likeness (QED) is 0.549. The Morgan fingerprint density at radius 3 is 3.06 bits per heavy atom. The van der Waals surface area contributed by atoms with Crippen molar-refractivity contribution < 1.29 is 19.0 Å². The van der Waals surface area contributed by atoms with Gasteiger partial charge in [0.05, 0.1) is 26.4 Å². The van der Waals surface area contributed by atoms with Crippen LogP contribution in [0.1, 0.15) is 12.8 Å². The van der Waals surface area contributed by atoms with E-state index in [1.807, 2.05) is 0 Å². The molecule has 0 spiro atoms. The van der Waals surface area contributed by atoms with Crippen molar-refractivity contribution in [2.24, 2.45) is 0 Å². The van der Waals surface area contributed by atoms with Crippen LogP contribution in [0.15, 0.2) is 0 Å². The molecule has 0 aliphatic carbocycles. The lowest BCUT2D eigenvalue weighted by atomic mass is 10.2. The fourth-order valence-corrected chi connectivity index (χ4v) is 1.69. The molecule has 1 amide bonds. The van der Waals surface area contributed by atoms with E-state index in [9.17, 15) is 4.79 Å². The second kappa shape index (κ2) is 10.3. The lowest BCUT2D eigenvalue weighted by molar-refractivity contribution is -0.122. The Balaban J connectivity index is 1.90. The van der Waals surface area contributed by atoms with Crippen LogP contribution in [0.25, 0.3) is 0 Å². The maximum Gasteiger partial charge on any atom is 0.221 e. The van der Waals surface area contributed by atoms with Crippen LogP contribution in [0.2, 0.25) is 0 Å². The molecule has 1 unspecified atom stereocenters. The van der Waals surface area contributed by atoms with Crippen LogP contribution in [-0.2, 0) is 19.0 Å². The SMILES string of the molecule is COCCOCCCNC(=O)CC1COCCN1. The zero-order valence-electron chi connectivity index (χ0n) is 11.1. The van der Waals surface area contributed by atoms with Gasteiger partial charge in [-0.2, -0.15) is 0 Å². The van der Waals surface area contributed by atoms with Crippen molar-refractivity contribution in [1.82, 2.24) is 10.6 Å². The largest absolute Gasteiger partial charge is 0.382 e. The number of hydrogen-bond donors (Lipinski definition) is 2. The van der Waals surface area contributed by atoms with Crippen LogP contribution < -0.4 is 10.6 Å². The standard InChI is InChI=1S/C12H24N2O4/c1-16-7-8-17-5-2-3-14-12(15)9-11-10-18-6-4-13-11/h11,13H,2-10H2,1H3,(H,14,15). The predicted octanol–water partition coefficient (Wildman–Crippen LogP) is -0.466. The summed E-state index contributed by atoms with van der Waals surface area (Å²) in [4.78, 5) is 11.6. The first-order valence-electron chi connectivity index (χ1n) is 6.47. The lowest BCUT2D eigenvalue weighted by Gasteiger charge is -2.23. The number of carbonyl (C=O) groups excluding carboxylic acids is 1. The highest BCUT2D eigenvalue weighted by Gasteiger charge is 2.16. The average molecular weight is 260 g/mol. The molecule has 0 saturated carbocycles. The summed E-state index contributed by atoms with van der Waals surface area (Å²) in [6, 6.07) is 0.150. The number of hydrogen-bond acceptors (Lipinski definition) is 5. The van der Waals surface area contributed by atoms with Crippen molar-refractivity contribution in [3.63, 3.8) is 0 Å². The van der Waals surface area contributed by atoms with Gasteiger partial charge in [0.15, 0.2) is 0 Å². The Morgan fingerprint density at radius 1 is 1.44 bits per heavy atom. The monoisotopic (exact) mass is 260 g/mol. The highest BCUT2D eigenvalue weighted by molar-refractivity contribution is 5.76. The fourth-order valence-electron chi connectivity index (χ4n) is 1.69. The molecule has 1 heterocycles. The summed E-state index contributed by atoms with van der Waals surface area (Å²) >= 11 is 0. The van der Waals surface area contributed by atoms with Gasteiger partial charge in [0.25, 0.3) is 0 Å². The Labute approximate surface area is 108 Å². The molecule has 0 radical (unpaired) electrons. The normalized spacial score (nSPS) is 19.7. The van der Waals surface area contributed by atoms with Gasteiger partial charge in [-0.3, -0.25) is 4.79 Å². The van der Waals surface area contributed by atoms with E-state index in [1.165, 1.54) is 0 Å². The Morgan fingerprint density at radius 2 is 2.33 bits per heavy atom. The van der Waals surface area contributed by atoms with Crippen LogP contribution in [0, 0.1) is 0 Å². The Hall–Kier alpha value is -0.690. The van der Waals surface area contributed by atoms with E-state index in [-0.39, 0.29) is 11.9 Å². The second-order valence-electron chi connectivity index (χ2n) is 4.24. The van der Waals surface area contributed by atoms with Gasteiger partial charge >= 0.3 is 0 Å². The minimum absolute atomic E-state index is 0.0647. The van der Waals surface area contributed by atoms with Crippen LogP contribution in [0.5, 0.6) is 0 Å². The molecule has 0 aromatic rings. The van der Waals surface area contributed by atoms with Gasteiger partial charge in [0.2, 0.25) is 5.91 Å². The van der Waals surface area contributed by atoms with E-state index in [4.69, 9.17) is 14.2 Å². The molecule has 1 rings (SSSR count). The van der Waals surface area contributed by atoms with Crippen LogP contribution in [0.3, 0.4) is 0 Å². The number of ether oxygens (including phenoxy) is 3. The van der Waals surface area contributed by atoms with E-state index in [0.717, 1.165) is 19.6 Å². The number of morpholine rings is 1. The fraction of sp³-hybridized carbons (Fsp3) is 0.917. The molecule has 1 saturated heterocycles. The van der Waals surface area contributed by atoms with Crippen molar-refractivity contribution in [1.29, 1.82) is 0 Å². The summed E-state index contributed by atoms with van der Waals surface area (Å²) in [5, 5.41) is 6.13. The first kappa shape index (κ1) is 15.4. The summed E-state index contributed by atoms with van der Waals surface area (Å²) in [5.74, 6) is 0.0647. The summed E-state index contributed by atoms with van der Waals surface area (Å²) in [6.45, 7) is 4.69. The molecule has 18 heavy (non-hydrogen) atoms. The molecular weight excluding hydrogens is 236 g/mol. The molecule has 1 atom stereocenters. The Kier molecular flexibility index (Phi) is 8.75. The zero-order valence-corrected chi connectivity index (χ0v) is 11.1. The predicted molar refractivity (Wildman–Crippen MR) is 67.5 cm³/mol. The summed E-state index contributed by atoms with van der Waals surface area (Å²) in [5.41, 5.74) is 0. The third-order valence-electron chi connectivity index (χ3n) is 2.65. The third kappa shape index (κ3) is 7.60. The molecule has 1 aliphatic heterocycles. The number of amides is 1. The van der Waals surface area contributed by atoms with Crippen molar-refractivity contribution in [3.8, 4) is 0 Å². The molecule has 0 aromatic heterocycles. The van der Waals surface area contributed by atoms with E-state index in [2.05, 4.69) is 10.6 Å². The molecule has 2 N–H and O–H groups in total. The van der Waals surface area contributed by atoms with Crippen molar-refractivity contribution in [2.45, 2.75) is 18.9 Å². The maximum atomic E-state index is 11.6. The van der Waals surface area contributed by atoms with Gasteiger partial charge < -0.3 is 24.8 Å². The second-order valence-corrected chi connectivity index (χ2v) is 4.24. The number of nitrogens with one attached hydrogen (secondary N) is 2. The van der Waals surface area contributed by atoms with Crippen LogP contribution in [0.4, 0.5) is 0 Å². The van der Waals surface area contributed by atoms with Crippen LogP contribution >= 0.6 is 0 Å². The molecule has 106 valence electrons. The first-order valence-corrected chi connectivity index (χ1v) is 6.47. The Bertz CT molecular complexity index is 220. The van der Waals surface area contributed by atoms with Crippen LogP contribution in [-0.4, -0.2) is 65.2 Å². The number of rotatable bonds is 9. The maximum absolute atomic E-state index is 11.6. The molecular formula is C12H24N2O4. The van der Waals surface area contributed by atoms with Gasteiger partial charge in [0, 0.05) is 39.3 Å². The van der Waals surface area contributed by atoms with Gasteiger partial charge in [-0.05, 0) is 6.42 Å². The smallest absolute Gasteiger partial charge is 0.221 e. The summed E-state index contributed by atoms with van der Waals surface area (Å²) in [6.07, 6.45) is 1.30. The molecule has 6 heteroatoms. The van der Waals surface area contributed by atoms with E-state index >= 15 is 0 Å². The minimum atomic E-state index is 0.0647. The number of methoxy groups -OCH3 is 1. The molecule has 6 nitrogen and oxygen atoms in total. The van der Waals surface area contributed by atoms with Crippen molar-refractivity contribution >= 4 is 5.91 Å². The highest BCUT2D eigenvalue weighted by Crippen LogP contribution is 1.98. The average Bonchev–Trinajstić information content (AvgIpc) is 2.39. The van der Waals surface area contributed by atoms with Gasteiger partial charge in [0.1, 0.15) is 0 Å². The van der Waals surface area contributed by atoms with Crippen molar-refractivity contribution in [3.05, 3.63) is 0 Å². The van der Waals surface area contributed by atoms with E-state index < -0.39 is 0 Å². The van der Waals surface area contributed by atoms with Gasteiger partial charge in [-0.1, -0.05) is 0 Å².